The van der Waals surface area contributed by atoms with Gasteiger partial charge in [-0.1, -0.05) is 18.2 Å². The molecule has 3 aliphatic rings. The van der Waals surface area contributed by atoms with Crippen molar-refractivity contribution in [3.05, 3.63) is 65.0 Å². The molecular formula is C26H26N6O2. The lowest BCUT2D eigenvalue weighted by Crippen LogP contribution is -2.56. The number of hydrogen-bond acceptors (Lipinski definition) is 8. The molecule has 2 aromatic carbocycles. The van der Waals surface area contributed by atoms with Gasteiger partial charge in [-0.25, -0.2) is 9.97 Å². The quantitative estimate of drug-likeness (QED) is 0.621. The molecule has 6 rings (SSSR count). The molecule has 8 nitrogen and oxygen atoms in total. The van der Waals surface area contributed by atoms with E-state index in [1.807, 2.05) is 31.2 Å². The molecule has 2 N–H and O–H groups in total. The number of aromatic nitrogens is 2. The zero-order valence-corrected chi connectivity index (χ0v) is 19.1. The van der Waals surface area contributed by atoms with E-state index < -0.39 is 0 Å². The van der Waals surface area contributed by atoms with Crippen LogP contribution in [-0.4, -0.2) is 49.4 Å². The molecule has 0 aliphatic carbocycles. The van der Waals surface area contributed by atoms with Crippen molar-refractivity contribution in [1.82, 2.24) is 15.3 Å². The second-order valence-corrected chi connectivity index (χ2v) is 9.01. The minimum Gasteiger partial charge on any atom is -0.378 e. The van der Waals surface area contributed by atoms with Crippen LogP contribution in [0.4, 0.5) is 17.3 Å². The van der Waals surface area contributed by atoms with Crippen molar-refractivity contribution in [3.8, 4) is 17.2 Å². The molecule has 0 saturated carbocycles. The average Bonchev–Trinajstić information content (AvgIpc) is 3.24. The lowest BCUT2D eigenvalue weighted by molar-refractivity contribution is -0.0746. The van der Waals surface area contributed by atoms with E-state index in [1.165, 1.54) is 11.1 Å². The molecule has 3 aliphatic heterocycles. The second-order valence-electron chi connectivity index (χ2n) is 9.01. The number of nitrogens with zero attached hydrogens (tertiary/aromatic N) is 4. The summed E-state index contributed by atoms with van der Waals surface area (Å²) in [7, 11) is 0. The Morgan fingerprint density at radius 2 is 1.94 bits per heavy atom. The summed E-state index contributed by atoms with van der Waals surface area (Å²) < 4.78 is 11.6. The minimum atomic E-state index is -0.159. The molecule has 0 radical (unpaired) electrons. The Kier molecular flexibility index (Phi) is 5.18. The van der Waals surface area contributed by atoms with Crippen LogP contribution in [-0.2, 0) is 21.7 Å². The van der Waals surface area contributed by atoms with E-state index >= 15 is 0 Å². The van der Waals surface area contributed by atoms with Crippen molar-refractivity contribution in [1.29, 1.82) is 5.26 Å². The Labute approximate surface area is 198 Å². The van der Waals surface area contributed by atoms with Crippen LogP contribution in [0.5, 0.6) is 0 Å². The highest BCUT2D eigenvalue weighted by molar-refractivity contribution is 5.82. The van der Waals surface area contributed by atoms with Gasteiger partial charge in [-0.05, 0) is 41.8 Å². The number of ether oxygens (including phenoxy) is 2. The first-order chi connectivity index (χ1) is 16.6. The number of hydrogen-bond donors (Lipinski definition) is 2. The molecule has 0 amide bonds. The Morgan fingerprint density at radius 1 is 1.09 bits per heavy atom. The van der Waals surface area contributed by atoms with Gasteiger partial charge >= 0.3 is 0 Å². The number of aryl methyl sites for hydroxylation is 1. The van der Waals surface area contributed by atoms with Crippen LogP contribution in [0.15, 0.2) is 42.5 Å². The monoisotopic (exact) mass is 454 g/mol. The highest BCUT2D eigenvalue weighted by Crippen LogP contribution is 2.42. The van der Waals surface area contributed by atoms with Crippen molar-refractivity contribution < 1.29 is 9.47 Å². The van der Waals surface area contributed by atoms with Gasteiger partial charge in [0.2, 0.25) is 0 Å². The fraction of sp³-hybridized carbons (Fsp3) is 0.346. The van der Waals surface area contributed by atoms with Crippen LogP contribution in [0.1, 0.15) is 22.5 Å². The Hall–Kier alpha value is -3.51. The maximum atomic E-state index is 9.52. The van der Waals surface area contributed by atoms with Crippen molar-refractivity contribution in [2.24, 2.45) is 0 Å². The lowest BCUT2D eigenvalue weighted by atomic mass is 9.86. The number of nitriles is 1. The average molecular weight is 455 g/mol. The third kappa shape index (κ3) is 3.68. The van der Waals surface area contributed by atoms with Gasteiger partial charge in [-0.15, -0.1) is 0 Å². The largest absolute Gasteiger partial charge is 0.378 e. The second kappa shape index (κ2) is 8.37. The summed E-state index contributed by atoms with van der Waals surface area (Å²) in [6.45, 7) is 7.24. The van der Waals surface area contributed by atoms with Crippen molar-refractivity contribution in [3.63, 3.8) is 0 Å². The number of anilines is 3. The summed E-state index contributed by atoms with van der Waals surface area (Å²) >= 11 is 0. The van der Waals surface area contributed by atoms with Crippen LogP contribution < -0.4 is 15.5 Å². The van der Waals surface area contributed by atoms with Crippen molar-refractivity contribution in [2.45, 2.75) is 19.1 Å². The number of fused-ring (bicyclic) bond motifs is 2. The van der Waals surface area contributed by atoms with Gasteiger partial charge in [0.25, 0.3) is 0 Å². The van der Waals surface area contributed by atoms with Crippen LogP contribution >= 0.6 is 0 Å². The molecule has 172 valence electrons. The van der Waals surface area contributed by atoms with Crippen LogP contribution in [0.25, 0.3) is 11.1 Å². The van der Waals surface area contributed by atoms with E-state index in [2.05, 4.69) is 49.8 Å². The topological polar surface area (TPSA) is 95.3 Å². The summed E-state index contributed by atoms with van der Waals surface area (Å²) in [6, 6.07) is 16.5. The van der Waals surface area contributed by atoms with Gasteiger partial charge in [-0.3, -0.25) is 0 Å². The summed E-state index contributed by atoms with van der Waals surface area (Å²) in [5.41, 5.74) is 5.87. The molecule has 2 fully saturated rings. The van der Waals surface area contributed by atoms with E-state index in [9.17, 15) is 5.26 Å². The molecule has 3 aromatic rings. The third-order valence-electron chi connectivity index (χ3n) is 6.80. The van der Waals surface area contributed by atoms with Gasteiger partial charge in [-0.2, -0.15) is 5.26 Å². The van der Waals surface area contributed by atoms with E-state index in [0.717, 1.165) is 48.8 Å². The zero-order chi connectivity index (χ0) is 23.1. The van der Waals surface area contributed by atoms with Crippen molar-refractivity contribution in [2.75, 3.05) is 49.6 Å². The summed E-state index contributed by atoms with van der Waals surface area (Å²) in [5, 5.41) is 16.3. The minimum absolute atomic E-state index is 0.159. The first kappa shape index (κ1) is 21.1. The molecule has 1 aromatic heterocycles. The zero-order valence-electron chi connectivity index (χ0n) is 19.1. The SMILES string of the molecule is Cc1nc(Nc2cc(C#N)ccc2-c2ccc3c(c2)COC32CNC2)cc(N2CCOCC2)n1. The molecule has 2 saturated heterocycles. The molecule has 4 heterocycles. The molecule has 0 bridgehead atoms. The van der Waals surface area contributed by atoms with Crippen LogP contribution in [0, 0.1) is 18.3 Å². The molecule has 0 atom stereocenters. The normalized spacial score (nSPS) is 18.3. The molecular weight excluding hydrogens is 428 g/mol. The smallest absolute Gasteiger partial charge is 0.136 e. The maximum absolute atomic E-state index is 9.52. The van der Waals surface area contributed by atoms with Gasteiger partial charge < -0.3 is 25.0 Å². The van der Waals surface area contributed by atoms with Crippen LogP contribution in [0.3, 0.4) is 0 Å². The molecule has 8 heteroatoms. The van der Waals surface area contributed by atoms with Gasteiger partial charge in [0.1, 0.15) is 23.1 Å². The number of rotatable bonds is 4. The summed E-state index contributed by atoms with van der Waals surface area (Å²) in [5.74, 6) is 2.28. The van der Waals surface area contributed by atoms with Gasteiger partial charge in [0, 0.05) is 43.5 Å². The van der Waals surface area contributed by atoms with E-state index in [1.54, 1.807) is 0 Å². The summed E-state index contributed by atoms with van der Waals surface area (Å²) in [4.78, 5) is 11.5. The standard InChI is InChI=1S/C26H26N6O2/c1-17-29-24(12-25(30-17)32-6-8-33-9-7-32)31-23-10-18(13-27)2-4-21(23)19-3-5-22-20(11-19)14-34-26(22)15-28-16-26/h2-5,10-12,28H,6-9,14-16H2,1H3,(H,29,30,31). The predicted molar refractivity (Wildman–Crippen MR) is 129 cm³/mol. The Morgan fingerprint density at radius 3 is 2.71 bits per heavy atom. The Balaban J connectivity index is 1.36. The maximum Gasteiger partial charge on any atom is 0.136 e. The van der Waals surface area contributed by atoms with E-state index in [4.69, 9.17) is 9.47 Å². The Bertz CT molecular complexity index is 1290. The lowest BCUT2D eigenvalue weighted by Gasteiger charge is -2.39. The fourth-order valence-corrected chi connectivity index (χ4v) is 4.94. The number of nitrogens with one attached hydrogen (secondary N) is 2. The van der Waals surface area contributed by atoms with E-state index in [0.29, 0.717) is 37.0 Å². The number of benzene rings is 2. The van der Waals surface area contributed by atoms with Crippen molar-refractivity contribution >= 4 is 17.3 Å². The highest BCUT2D eigenvalue weighted by atomic mass is 16.5. The first-order valence-corrected chi connectivity index (χ1v) is 11.6. The van der Waals surface area contributed by atoms with E-state index in [-0.39, 0.29) is 5.60 Å². The predicted octanol–water partition coefficient (Wildman–Crippen LogP) is 3.23. The fourth-order valence-electron chi connectivity index (χ4n) is 4.94. The first-order valence-electron chi connectivity index (χ1n) is 11.6. The number of morpholine rings is 1. The molecule has 0 unspecified atom stereocenters. The highest BCUT2D eigenvalue weighted by Gasteiger charge is 2.45. The molecule has 34 heavy (non-hydrogen) atoms. The van der Waals surface area contributed by atoms with Gasteiger partial charge in [0.05, 0.1) is 31.5 Å². The van der Waals surface area contributed by atoms with Crippen LogP contribution in [0.2, 0.25) is 0 Å². The summed E-state index contributed by atoms with van der Waals surface area (Å²) in [6.07, 6.45) is 0. The third-order valence-corrected chi connectivity index (χ3v) is 6.80. The van der Waals surface area contributed by atoms with Gasteiger partial charge in [0.15, 0.2) is 0 Å². The molecule has 1 spiro atoms.